The van der Waals surface area contributed by atoms with Crippen molar-refractivity contribution in [2.24, 2.45) is 0 Å². The van der Waals surface area contributed by atoms with Gasteiger partial charge in [0.25, 0.3) is 0 Å². The average molecular weight is 110 g/mol. The second kappa shape index (κ2) is 1.69. The van der Waals surface area contributed by atoms with Gasteiger partial charge in [0, 0.05) is 0 Å². The van der Waals surface area contributed by atoms with Gasteiger partial charge >= 0.3 is 0 Å². The smallest absolute Gasteiger partial charge is 0.193 e. The standard InChI is InChI=1S/C2H4F2N2O/c3-2-1-7-6(4)5-2/h2,5H,1H2. The van der Waals surface area contributed by atoms with E-state index < -0.39 is 6.30 Å². The third kappa shape index (κ3) is 1.05. The Morgan fingerprint density at radius 2 is 2.57 bits per heavy atom. The minimum absolute atomic E-state index is 0.245. The van der Waals surface area contributed by atoms with Crippen LogP contribution in [0.5, 0.6) is 0 Å². The summed E-state index contributed by atoms with van der Waals surface area (Å²) >= 11 is 0. The van der Waals surface area contributed by atoms with Crippen LogP contribution in [0.15, 0.2) is 0 Å². The zero-order chi connectivity index (χ0) is 5.28. The van der Waals surface area contributed by atoms with Gasteiger partial charge in [0.15, 0.2) is 6.30 Å². The van der Waals surface area contributed by atoms with E-state index in [0.717, 1.165) is 0 Å². The van der Waals surface area contributed by atoms with Crippen LogP contribution < -0.4 is 5.43 Å². The molecule has 1 fully saturated rings. The third-order valence-corrected chi connectivity index (χ3v) is 0.576. The molecule has 0 aromatic carbocycles. The molecule has 0 radical (unpaired) electrons. The van der Waals surface area contributed by atoms with E-state index >= 15 is 0 Å². The van der Waals surface area contributed by atoms with Gasteiger partial charge in [0.05, 0.1) is 5.39 Å². The number of hydrogen-bond acceptors (Lipinski definition) is 3. The maximum atomic E-state index is 11.7. The van der Waals surface area contributed by atoms with Gasteiger partial charge in [0.2, 0.25) is 0 Å². The van der Waals surface area contributed by atoms with Gasteiger partial charge in [-0.25, -0.2) is 4.39 Å². The van der Waals surface area contributed by atoms with Crippen molar-refractivity contribution in [1.29, 1.82) is 0 Å². The Morgan fingerprint density at radius 1 is 1.86 bits per heavy atom. The van der Waals surface area contributed by atoms with Crippen molar-refractivity contribution in [1.82, 2.24) is 10.8 Å². The van der Waals surface area contributed by atoms with Crippen LogP contribution in [0.4, 0.5) is 8.87 Å². The SMILES string of the molecule is FC1CON(F)N1. The molecule has 1 atom stereocenters. The van der Waals surface area contributed by atoms with Gasteiger partial charge in [-0.2, -0.15) is 5.43 Å². The van der Waals surface area contributed by atoms with Crippen molar-refractivity contribution in [2.75, 3.05) is 6.61 Å². The summed E-state index contributed by atoms with van der Waals surface area (Å²) < 4.78 is 23.1. The van der Waals surface area contributed by atoms with Crippen molar-refractivity contribution in [3.05, 3.63) is 0 Å². The van der Waals surface area contributed by atoms with E-state index in [1.807, 2.05) is 0 Å². The highest BCUT2D eigenvalue weighted by molar-refractivity contribution is 4.46. The molecular formula is C2H4F2N2O. The zero-order valence-electron chi connectivity index (χ0n) is 3.40. The van der Waals surface area contributed by atoms with E-state index in [2.05, 4.69) is 4.84 Å². The molecule has 1 rings (SSSR count). The lowest BCUT2D eigenvalue weighted by Crippen LogP contribution is -2.25. The Hall–Kier alpha value is -0.260. The van der Waals surface area contributed by atoms with Crippen LogP contribution in [0.25, 0.3) is 0 Å². The molecule has 1 unspecified atom stereocenters. The Morgan fingerprint density at radius 3 is 2.71 bits per heavy atom. The Kier molecular flexibility index (Phi) is 1.18. The number of nitrogens with zero attached hydrogens (tertiary/aromatic N) is 1. The van der Waals surface area contributed by atoms with Gasteiger partial charge < -0.3 is 0 Å². The second-order valence-corrected chi connectivity index (χ2v) is 1.14. The summed E-state index contributed by atoms with van der Waals surface area (Å²) in [6.07, 6.45) is -1.40. The van der Waals surface area contributed by atoms with Crippen LogP contribution in [-0.4, -0.2) is 18.3 Å². The molecule has 42 valence electrons. The molecule has 5 heteroatoms. The first-order valence-electron chi connectivity index (χ1n) is 1.78. The molecule has 0 saturated carbocycles. The van der Waals surface area contributed by atoms with Gasteiger partial charge in [-0.05, 0) is 0 Å². The second-order valence-electron chi connectivity index (χ2n) is 1.14. The van der Waals surface area contributed by atoms with Crippen LogP contribution in [0.1, 0.15) is 0 Å². The van der Waals surface area contributed by atoms with Crippen molar-refractivity contribution in [3.8, 4) is 0 Å². The molecule has 1 heterocycles. The number of halogens is 2. The van der Waals surface area contributed by atoms with Gasteiger partial charge in [-0.1, -0.05) is 4.48 Å². The summed E-state index contributed by atoms with van der Waals surface area (Å²) in [5, 5.41) is -0.245. The lowest BCUT2D eigenvalue weighted by molar-refractivity contribution is -0.272. The molecule has 7 heavy (non-hydrogen) atoms. The van der Waals surface area contributed by atoms with Crippen LogP contribution in [-0.2, 0) is 4.84 Å². The summed E-state index contributed by atoms with van der Waals surface area (Å²) in [6.45, 7) is -0.253. The predicted molar refractivity (Wildman–Crippen MR) is 16.9 cm³/mol. The van der Waals surface area contributed by atoms with Crippen molar-refractivity contribution in [3.63, 3.8) is 0 Å². The largest absolute Gasteiger partial charge is 0.252 e. The van der Waals surface area contributed by atoms with E-state index in [1.165, 1.54) is 0 Å². The fourth-order valence-electron chi connectivity index (χ4n) is 0.316. The van der Waals surface area contributed by atoms with Gasteiger partial charge in [-0.3, -0.25) is 4.84 Å². The van der Waals surface area contributed by atoms with Crippen molar-refractivity contribution >= 4 is 0 Å². The molecule has 0 aliphatic carbocycles. The lowest BCUT2D eigenvalue weighted by atomic mass is 10.7. The number of rotatable bonds is 0. The van der Waals surface area contributed by atoms with Crippen molar-refractivity contribution < 1.29 is 13.7 Å². The van der Waals surface area contributed by atoms with Gasteiger partial charge in [0.1, 0.15) is 6.61 Å². The van der Waals surface area contributed by atoms with Gasteiger partial charge in [-0.15, -0.1) is 0 Å². The molecular weight excluding hydrogens is 106 g/mol. The maximum absolute atomic E-state index is 11.7. The average Bonchev–Trinajstić information content (AvgIpc) is 1.87. The van der Waals surface area contributed by atoms with Crippen LogP contribution in [0, 0.1) is 0 Å². The molecule has 0 spiro atoms. The third-order valence-electron chi connectivity index (χ3n) is 0.576. The summed E-state index contributed by atoms with van der Waals surface area (Å²) in [5.41, 5.74) is 1.69. The number of nitrogens with one attached hydrogen (secondary N) is 1. The summed E-state index contributed by atoms with van der Waals surface area (Å²) in [5.74, 6) is 0. The number of hydrogen-bond donors (Lipinski definition) is 1. The molecule has 3 nitrogen and oxygen atoms in total. The van der Waals surface area contributed by atoms with E-state index in [4.69, 9.17) is 0 Å². The van der Waals surface area contributed by atoms with Crippen LogP contribution >= 0.6 is 0 Å². The van der Waals surface area contributed by atoms with Crippen LogP contribution in [0.3, 0.4) is 0 Å². The molecule has 0 bridgehead atoms. The normalized spacial score (nSPS) is 34.3. The molecule has 1 N–H and O–H groups in total. The topological polar surface area (TPSA) is 24.5 Å². The predicted octanol–water partition coefficient (Wildman–Crippen LogP) is -0.0817. The lowest BCUT2D eigenvalue weighted by Gasteiger charge is -1.95. The molecule has 0 aromatic heterocycles. The minimum Gasteiger partial charge on any atom is -0.252 e. The fourth-order valence-corrected chi connectivity index (χ4v) is 0.316. The fraction of sp³-hybridized carbons (Fsp3) is 1.00. The highest BCUT2D eigenvalue weighted by atomic mass is 19.2. The summed E-state index contributed by atoms with van der Waals surface area (Å²) in [4.78, 5) is 3.95. The number of alkyl halides is 1. The maximum Gasteiger partial charge on any atom is 0.193 e. The molecule has 1 saturated heterocycles. The summed E-state index contributed by atoms with van der Waals surface area (Å²) in [6, 6.07) is 0. The van der Waals surface area contributed by atoms with E-state index in [0.29, 0.717) is 0 Å². The summed E-state index contributed by atoms with van der Waals surface area (Å²) in [7, 11) is 0. The zero-order valence-corrected chi connectivity index (χ0v) is 3.40. The van der Waals surface area contributed by atoms with E-state index in [9.17, 15) is 8.87 Å². The van der Waals surface area contributed by atoms with E-state index in [1.54, 1.807) is 5.43 Å². The molecule has 1 aliphatic heterocycles. The highest BCUT2D eigenvalue weighted by Gasteiger charge is 2.20. The molecule has 1 aliphatic rings. The Labute approximate surface area is 38.7 Å². The molecule has 0 aromatic rings. The van der Waals surface area contributed by atoms with Crippen molar-refractivity contribution in [2.45, 2.75) is 6.30 Å². The first kappa shape index (κ1) is 4.89. The van der Waals surface area contributed by atoms with E-state index in [-0.39, 0.29) is 12.0 Å². The first-order chi connectivity index (χ1) is 3.29. The highest BCUT2D eigenvalue weighted by Crippen LogP contribution is 2.00. The Bertz CT molecular complexity index is 62.7. The van der Waals surface area contributed by atoms with Crippen LogP contribution in [0.2, 0.25) is 0 Å². The quantitative estimate of drug-likeness (QED) is 0.348. The minimum atomic E-state index is -1.40. The first-order valence-corrected chi connectivity index (χ1v) is 1.78. The molecule has 0 amide bonds. The Balaban J connectivity index is 2.26. The monoisotopic (exact) mass is 110 g/mol. The number of hydrazine groups is 1.